The van der Waals surface area contributed by atoms with Crippen molar-refractivity contribution in [1.82, 2.24) is 19.7 Å². The Bertz CT molecular complexity index is 1330. The molecule has 1 aliphatic carbocycles. The highest BCUT2D eigenvalue weighted by molar-refractivity contribution is 5.97. The fourth-order valence-electron chi connectivity index (χ4n) is 4.92. The van der Waals surface area contributed by atoms with E-state index in [1.165, 1.54) is 17.2 Å². The SMILES string of the molecule is CCN(C)C(=O)c1nccc(Nc2c(N[C@H](c3nn(C)cc3C)C3(C)CCCC3)c(=O)c2=O)c1O. The van der Waals surface area contributed by atoms with Crippen molar-refractivity contribution in [2.45, 2.75) is 52.5 Å². The Kier molecular flexibility index (Phi) is 6.40. The minimum absolute atomic E-state index is 0.0546. The summed E-state index contributed by atoms with van der Waals surface area (Å²) in [5.74, 6) is -0.825. The zero-order chi connectivity index (χ0) is 25.5. The Balaban J connectivity index is 1.69. The molecule has 1 fully saturated rings. The minimum atomic E-state index is -0.685. The van der Waals surface area contributed by atoms with Crippen LogP contribution in [-0.2, 0) is 7.05 Å². The van der Waals surface area contributed by atoms with Crippen molar-refractivity contribution in [3.63, 3.8) is 0 Å². The number of aromatic hydroxyl groups is 1. The molecule has 0 bridgehead atoms. The molecule has 1 amide bonds. The van der Waals surface area contributed by atoms with Gasteiger partial charge in [-0.15, -0.1) is 0 Å². The number of amides is 1. The van der Waals surface area contributed by atoms with Gasteiger partial charge in [0.15, 0.2) is 11.4 Å². The second kappa shape index (κ2) is 9.16. The second-order valence-electron chi connectivity index (χ2n) is 9.72. The molecular weight excluding hydrogens is 448 g/mol. The van der Waals surface area contributed by atoms with Gasteiger partial charge in [-0.1, -0.05) is 19.8 Å². The fourth-order valence-corrected chi connectivity index (χ4v) is 4.92. The van der Waals surface area contributed by atoms with Crippen LogP contribution in [0.4, 0.5) is 17.1 Å². The molecule has 2 heterocycles. The smallest absolute Gasteiger partial charge is 0.276 e. The van der Waals surface area contributed by atoms with Crippen molar-refractivity contribution in [3.05, 3.63) is 55.9 Å². The van der Waals surface area contributed by atoms with E-state index in [9.17, 15) is 19.5 Å². The molecule has 1 aliphatic rings. The van der Waals surface area contributed by atoms with Gasteiger partial charge in [-0.3, -0.25) is 19.1 Å². The standard InChI is InChI=1S/C25H32N6O4/c1-6-30(4)24(35)19-20(32)15(9-12-26-19)27-17-18(22(34)21(17)33)28-23(25(3)10-7-8-11-25)16-14(2)13-31(5)29-16/h9,12-13,23,28,32H,6-8,10-11H2,1-5H3,(H,26,27)/t23-/m1/s1. The molecule has 35 heavy (non-hydrogen) atoms. The van der Waals surface area contributed by atoms with E-state index in [1.807, 2.05) is 27.1 Å². The molecule has 3 aromatic rings. The number of pyridine rings is 1. The van der Waals surface area contributed by atoms with Crippen LogP contribution >= 0.6 is 0 Å². The number of carbonyl (C=O) groups excluding carboxylic acids is 1. The van der Waals surface area contributed by atoms with E-state index in [0.717, 1.165) is 36.9 Å². The van der Waals surface area contributed by atoms with Crippen molar-refractivity contribution in [3.8, 4) is 5.75 Å². The summed E-state index contributed by atoms with van der Waals surface area (Å²) in [6.07, 6.45) is 7.43. The number of rotatable bonds is 8. The van der Waals surface area contributed by atoms with E-state index in [1.54, 1.807) is 11.7 Å². The number of anilines is 3. The first-order valence-corrected chi connectivity index (χ1v) is 11.9. The Morgan fingerprint density at radius 3 is 2.51 bits per heavy atom. The summed E-state index contributed by atoms with van der Waals surface area (Å²) in [6.45, 7) is 6.42. The maximum Gasteiger partial charge on any atom is 0.276 e. The number of carbonyl (C=O) groups is 1. The molecule has 0 unspecified atom stereocenters. The van der Waals surface area contributed by atoms with Gasteiger partial charge in [0.25, 0.3) is 16.8 Å². The zero-order valence-electron chi connectivity index (χ0n) is 20.8. The van der Waals surface area contributed by atoms with Gasteiger partial charge in [0.1, 0.15) is 11.4 Å². The van der Waals surface area contributed by atoms with Crippen LogP contribution in [0.25, 0.3) is 0 Å². The van der Waals surface area contributed by atoms with Gasteiger partial charge in [-0.2, -0.15) is 5.10 Å². The molecule has 1 atom stereocenters. The lowest BCUT2D eigenvalue weighted by atomic mass is 9.78. The van der Waals surface area contributed by atoms with Gasteiger partial charge in [-0.05, 0) is 43.7 Å². The van der Waals surface area contributed by atoms with Crippen LogP contribution in [0.1, 0.15) is 67.3 Å². The number of nitrogens with zero attached hydrogens (tertiary/aromatic N) is 4. The molecule has 0 radical (unpaired) electrons. The third kappa shape index (κ3) is 4.28. The topological polar surface area (TPSA) is 129 Å². The average Bonchev–Trinajstić information content (AvgIpc) is 3.43. The average molecular weight is 481 g/mol. The van der Waals surface area contributed by atoms with E-state index >= 15 is 0 Å². The molecule has 0 spiro atoms. The van der Waals surface area contributed by atoms with E-state index < -0.39 is 16.8 Å². The number of aryl methyl sites for hydroxylation is 2. The van der Waals surface area contributed by atoms with E-state index in [2.05, 4.69) is 27.6 Å². The second-order valence-corrected chi connectivity index (χ2v) is 9.72. The molecule has 2 aromatic heterocycles. The lowest BCUT2D eigenvalue weighted by molar-refractivity contribution is 0.0793. The van der Waals surface area contributed by atoms with Crippen LogP contribution in [0.5, 0.6) is 5.75 Å². The molecule has 1 saturated carbocycles. The van der Waals surface area contributed by atoms with Crippen molar-refractivity contribution < 1.29 is 9.90 Å². The third-order valence-corrected chi connectivity index (χ3v) is 7.17. The van der Waals surface area contributed by atoms with Crippen molar-refractivity contribution in [1.29, 1.82) is 0 Å². The lowest BCUT2D eigenvalue weighted by Crippen LogP contribution is -2.40. The van der Waals surface area contributed by atoms with Crippen LogP contribution in [0.3, 0.4) is 0 Å². The Morgan fingerprint density at radius 2 is 1.91 bits per heavy atom. The molecule has 4 rings (SSSR count). The van der Waals surface area contributed by atoms with Crippen LogP contribution in [0.15, 0.2) is 28.0 Å². The number of aromatic nitrogens is 3. The highest BCUT2D eigenvalue weighted by atomic mass is 16.3. The van der Waals surface area contributed by atoms with Crippen LogP contribution in [0, 0.1) is 12.3 Å². The highest BCUT2D eigenvalue weighted by Crippen LogP contribution is 2.49. The summed E-state index contributed by atoms with van der Waals surface area (Å²) >= 11 is 0. The lowest BCUT2D eigenvalue weighted by Gasteiger charge is -2.35. The van der Waals surface area contributed by atoms with Crippen molar-refractivity contribution in [2.75, 3.05) is 24.2 Å². The molecule has 0 aliphatic heterocycles. The summed E-state index contributed by atoms with van der Waals surface area (Å²) in [4.78, 5) is 43.2. The first kappa shape index (κ1) is 24.4. The largest absolute Gasteiger partial charge is 0.504 e. The summed E-state index contributed by atoms with van der Waals surface area (Å²) < 4.78 is 1.75. The first-order chi connectivity index (χ1) is 16.6. The van der Waals surface area contributed by atoms with Crippen LogP contribution in [0.2, 0.25) is 0 Å². The predicted molar refractivity (Wildman–Crippen MR) is 134 cm³/mol. The van der Waals surface area contributed by atoms with Gasteiger partial charge in [0, 0.05) is 33.0 Å². The molecule has 10 nitrogen and oxygen atoms in total. The normalized spacial score (nSPS) is 15.8. The highest BCUT2D eigenvalue weighted by Gasteiger charge is 2.41. The van der Waals surface area contributed by atoms with Crippen molar-refractivity contribution >= 4 is 23.0 Å². The van der Waals surface area contributed by atoms with Gasteiger partial charge in [0.2, 0.25) is 0 Å². The van der Waals surface area contributed by atoms with E-state index in [-0.39, 0.29) is 40.0 Å². The molecular formula is C25H32N6O4. The Labute approximate surface area is 203 Å². The summed E-state index contributed by atoms with van der Waals surface area (Å²) in [7, 11) is 3.46. The maximum absolute atomic E-state index is 12.7. The number of hydrogen-bond donors (Lipinski definition) is 3. The van der Waals surface area contributed by atoms with Gasteiger partial charge >= 0.3 is 0 Å². The third-order valence-electron chi connectivity index (χ3n) is 7.17. The van der Waals surface area contributed by atoms with E-state index in [4.69, 9.17) is 0 Å². The van der Waals surface area contributed by atoms with Crippen molar-refractivity contribution in [2.24, 2.45) is 12.5 Å². The monoisotopic (exact) mass is 480 g/mol. The quantitative estimate of drug-likeness (QED) is 0.420. The molecule has 3 N–H and O–H groups in total. The number of hydrogen-bond acceptors (Lipinski definition) is 8. The van der Waals surface area contributed by atoms with Gasteiger partial charge < -0.3 is 20.6 Å². The number of nitrogens with one attached hydrogen (secondary N) is 2. The summed E-state index contributed by atoms with van der Waals surface area (Å²) in [5, 5.41) is 21.6. The van der Waals surface area contributed by atoms with E-state index in [0.29, 0.717) is 6.54 Å². The fraction of sp³-hybridized carbons (Fsp3) is 0.480. The molecule has 186 valence electrons. The molecule has 10 heteroatoms. The summed E-state index contributed by atoms with van der Waals surface area (Å²) in [5.41, 5.74) is 0.609. The predicted octanol–water partition coefficient (Wildman–Crippen LogP) is 2.99. The Morgan fingerprint density at radius 1 is 1.26 bits per heavy atom. The van der Waals surface area contributed by atoms with Gasteiger partial charge in [0.05, 0.1) is 17.4 Å². The summed E-state index contributed by atoms with van der Waals surface area (Å²) in [6, 6.07) is 1.19. The van der Waals surface area contributed by atoms with Crippen LogP contribution in [-0.4, -0.2) is 44.3 Å². The molecule has 1 aromatic carbocycles. The Hall–Kier alpha value is -3.69. The minimum Gasteiger partial charge on any atom is -0.504 e. The zero-order valence-corrected chi connectivity index (χ0v) is 20.8. The maximum atomic E-state index is 12.7. The molecule has 0 saturated heterocycles. The van der Waals surface area contributed by atoms with Crippen LogP contribution < -0.4 is 21.5 Å². The first-order valence-electron chi connectivity index (χ1n) is 11.9. The van der Waals surface area contributed by atoms with Gasteiger partial charge in [-0.25, -0.2) is 4.98 Å².